The van der Waals surface area contributed by atoms with Crippen LogP contribution in [0.2, 0.25) is 0 Å². The van der Waals surface area contributed by atoms with Gasteiger partial charge in [-0.2, -0.15) is 13.2 Å². The Balaban J connectivity index is 1.89. The molecule has 0 amide bonds. The molecule has 0 bridgehead atoms. The maximum Gasteiger partial charge on any atom is 0.416 e. The molecule has 0 radical (unpaired) electrons. The van der Waals surface area contributed by atoms with Crippen LogP contribution in [-0.2, 0) is 19.0 Å². The van der Waals surface area contributed by atoms with Crippen LogP contribution in [0.15, 0.2) is 36.4 Å². The van der Waals surface area contributed by atoms with Crippen LogP contribution in [0, 0.1) is 5.92 Å². The standard InChI is InChI=1S/C27H35F3O/c1-6-7-8-9-23-16-21-15-20(14-19-10-12-22(13-11-19)27(28,29)30)24(18(2)3)17-25(21)31-26(23,4)5/h10-13,15,17-18,23H,6-9,14,16H2,1-5H3. The summed E-state index contributed by atoms with van der Waals surface area (Å²) in [7, 11) is 0. The molecule has 0 saturated carbocycles. The minimum Gasteiger partial charge on any atom is -0.487 e. The van der Waals surface area contributed by atoms with E-state index in [-0.39, 0.29) is 5.60 Å². The summed E-state index contributed by atoms with van der Waals surface area (Å²) in [5.74, 6) is 1.75. The van der Waals surface area contributed by atoms with Gasteiger partial charge in [-0.05, 0) is 79.5 Å². The first kappa shape index (κ1) is 23.7. The van der Waals surface area contributed by atoms with Crippen molar-refractivity contribution in [1.29, 1.82) is 0 Å². The summed E-state index contributed by atoms with van der Waals surface area (Å²) in [5, 5.41) is 0. The molecule has 0 aromatic heterocycles. The average molecular weight is 433 g/mol. The van der Waals surface area contributed by atoms with E-state index >= 15 is 0 Å². The van der Waals surface area contributed by atoms with E-state index in [0.717, 1.165) is 24.2 Å². The maximum atomic E-state index is 12.9. The quantitative estimate of drug-likeness (QED) is 0.400. The van der Waals surface area contributed by atoms with Crippen LogP contribution in [0.3, 0.4) is 0 Å². The third kappa shape index (κ3) is 5.64. The second-order valence-corrected chi connectivity index (χ2v) is 9.79. The van der Waals surface area contributed by atoms with Gasteiger partial charge in [-0.25, -0.2) is 0 Å². The summed E-state index contributed by atoms with van der Waals surface area (Å²) in [4.78, 5) is 0. The Kier molecular flexibility index (Phi) is 7.08. The lowest BCUT2D eigenvalue weighted by molar-refractivity contribution is -0.137. The SMILES string of the molecule is CCCCCC1Cc2cc(Cc3ccc(C(F)(F)F)cc3)c(C(C)C)cc2OC1(C)C. The van der Waals surface area contributed by atoms with Crippen molar-refractivity contribution < 1.29 is 17.9 Å². The van der Waals surface area contributed by atoms with Gasteiger partial charge >= 0.3 is 6.18 Å². The first-order valence-corrected chi connectivity index (χ1v) is 11.5. The van der Waals surface area contributed by atoms with Gasteiger partial charge in [0.1, 0.15) is 11.4 Å². The number of fused-ring (bicyclic) bond motifs is 1. The van der Waals surface area contributed by atoms with Gasteiger partial charge < -0.3 is 4.74 Å². The number of rotatable bonds is 7. The molecular weight excluding hydrogens is 397 g/mol. The fraction of sp³-hybridized carbons (Fsp3) is 0.556. The minimum atomic E-state index is -4.30. The number of halogens is 3. The molecule has 170 valence electrons. The molecule has 0 fully saturated rings. The third-order valence-corrected chi connectivity index (χ3v) is 6.60. The highest BCUT2D eigenvalue weighted by molar-refractivity contribution is 5.47. The minimum absolute atomic E-state index is 0.191. The molecular formula is C27H35F3O. The number of unbranched alkanes of at least 4 members (excludes halogenated alkanes) is 2. The second-order valence-electron chi connectivity index (χ2n) is 9.79. The van der Waals surface area contributed by atoms with Crippen LogP contribution in [0.4, 0.5) is 13.2 Å². The van der Waals surface area contributed by atoms with E-state index < -0.39 is 11.7 Å². The Morgan fingerprint density at radius 3 is 2.32 bits per heavy atom. The zero-order valence-corrected chi connectivity index (χ0v) is 19.4. The Bertz CT molecular complexity index is 879. The summed E-state index contributed by atoms with van der Waals surface area (Å²) in [6.45, 7) is 10.9. The predicted molar refractivity (Wildman–Crippen MR) is 121 cm³/mol. The highest BCUT2D eigenvalue weighted by Gasteiger charge is 2.37. The van der Waals surface area contributed by atoms with E-state index in [0.29, 0.717) is 18.3 Å². The smallest absolute Gasteiger partial charge is 0.416 e. The van der Waals surface area contributed by atoms with Crippen molar-refractivity contribution in [3.8, 4) is 5.75 Å². The van der Waals surface area contributed by atoms with E-state index in [9.17, 15) is 13.2 Å². The van der Waals surface area contributed by atoms with Gasteiger partial charge in [0, 0.05) is 5.92 Å². The molecule has 2 aromatic carbocycles. The summed E-state index contributed by atoms with van der Waals surface area (Å²) in [6.07, 6.45) is 2.13. The predicted octanol–water partition coefficient (Wildman–Crippen LogP) is 8.33. The van der Waals surface area contributed by atoms with Crippen LogP contribution in [0.5, 0.6) is 5.75 Å². The first-order valence-electron chi connectivity index (χ1n) is 11.5. The van der Waals surface area contributed by atoms with Crippen molar-refractivity contribution in [2.75, 3.05) is 0 Å². The molecule has 0 saturated heterocycles. The number of hydrogen-bond donors (Lipinski definition) is 0. The lowest BCUT2D eigenvalue weighted by Crippen LogP contribution is -2.42. The normalized spacial score (nSPS) is 18.0. The molecule has 0 aliphatic carbocycles. The topological polar surface area (TPSA) is 9.23 Å². The second kappa shape index (κ2) is 9.26. The zero-order valence-electron chi connectivity index (χ0n) is 19.4. The first-order chi connectivity index (χ1) is 14.5. The number of benzene rings is 2. The number of ether oxygens (including phenoxy) is 1. The summed E-state index contributed by atoms with van der Waals surface area (Å²) < 4.78 is 45.2. The average Bonchev–Trinajstić information content (AvgIpc) is 2.67. The van der Waals surface area contributed by atoms with Crippen molar-refractivity contribution in [2.45, 2.75) is 90.8 Å². The molecule has 3 rings (SSSR count). The molecule has 1 aliphatic heterocycles. The molecule has 0 spiro atoms. The summed E-state index contributed by atoms with van der Waals surface area (Å²) in [5.41, 5.74) is 3.72. The molecule has 4 heteroatoms. The van der Waals surface area contributed by atoms with E-state index in [1.807, 2.05) is 0 Å². The Morgan fingerprint density at radius 1 is 1.06 bits per heavy atom. The van der Waals surface area contributed by atoms with E-state index in [4.69, 9.17) is 4.74 Å². The van der Waals surface area contributed by atoms with Crippen molar-refractivity contribution in [2.24, 2.45) is 5.92 Å². The third-order valence-electron chi connectivity index (χ3n) is 6.60. The largest absolute Gasteiger partial charge is 0.487 e. The van der Waals surface area contributed by atoms with Gasteiger partial charge in [0.15, 0.2) is 0 Å². The molecule has 1 atom stereocenters. The van der Waals surface area contributed by atoms with Gasteiger partial charge in [-0.15, -0.1) is 0 Å². The Morgan fingerprint density at radius 2 is 1.74 bits per heavy atom. The highest BCUT2D eigenvalue weighted by Crippen LogP contribution is 2.42. The summed E-state index contributed by atoms with van der Waals surface area (Å²) in [6, 6.07) is 9.96. The van der Waals surface area contributed by atoms with Gasteiger partial charge in [0.25, 0.3) is 0 Å². The van der Waals surface area contributed by atoms with Crippen molar-refractivity contribution in [3.63, 3.8) is 0 Å². The Labute approximate surface area is 185 Å². The molecule has 1 aliphatic rings. The molecule has 1 nitrogen and oxygen atoms in total. The molecule has 2 aromatic rings. The molecule has 1 unspecified atom stereocenters. The number of hydrogen-bond acceptors (Lipinski definition) is 1. The monoisotopic (exact) mass is 432 g/mol. The van der Waals surface area contributed by atoms with Crippen molar-refractivity contribution >= 4 is 0 Å². The lowest BCUT2D eigenvalue weighted by Gasteiger charge is -2.41. The van der Waals surface area contributed by atoms with Crippen LogP contribution in [0.25, 0.3) is 0 Å². The summed E-state index contributed by atoms with van der Waals surface area (Å²) >= 11 is 0. The van der Waals surface area contributed by atoms with Crippen LogP contribution in [-0.4, -0.2) is 5.60 Å². The molecule has 31 heavy (non-hydrogen) atoms. The number of alkyl halides is 3. The van der Waals surface area contributed by atoms with Gasteiger partial charge in [-0.1, -0.05) is 58.2 Å². The van der Waals surface area contributed by atoms with E-state index in [1.54, 1.807) is 12.1 Å². The van der Waals surface area contributed by atoms with E-state index in [1.165, 1.54) is 48.1 Å². The Hall–Kier alpha value is -1.97. The fourth-order valence-corrected chi connectivity index (χ4v) is 4.64. The van der Waals surface area contributed by atoms with Crippen LogP contribution >= 0.6 is 0 Å². The fourth-order valence-electron chi connectivity index (χ4n) is 4.64. The molecule has 1 heterocycles. The maximum absolute atomic E-state index is 12.9. The van der Waals surface area contributed by atoms with Crippen molar-refractivity contribution in [3.05, 3.63) is 64.2 Å². The lowest BCUT2D eigenvalue weighted by atomic mass is 9.78. The van der Waals surface area contributed by atoms with E-state index in [2.05, 4.69) is 46.8 Å². The van der Waals surface area contributed by atoms with Crippen LogP contribution in [0.1, 0.15) is 94.0 Å². The molecule has 0 N–H and O–H groups in total. The highest BCUT2D eigenvalue weighted by atomic mass is 19.4. The van der Waals surface area contributed by atoms with Gasteiger partial charge in [-0.3, -0.25) is 0 Å². The van der Waals surface area contributed by atoms with Crippen LogP contribution < -0.4 is 4.74 Å². The van der Waals surface area contributed by atoms with Gasteiger partial charge in [0.2, 0.25) is 0 Å². The van der Waals surface area contributed by atoms with Crippen molar-refractivity contribution in [1.82, 2.24) is 0 Å². The van der Waals surface area contributed by atoms with Gasteiger partial charge in [0.05, 0.1) is 5.56 Å². The zero-order chi connectivity index (χ0) is 22.8.